The quantitative estimate of drug-likeness (QED) is 0.653. The molecule has 1 atom stereocenters. The predicted octanol–water partition coefficient (Wildman–Crippen LogP) is 2.47. The van der Waals surface area contributed by atoms with E-state index < -0.39 is 6.04 Å². The van der Waals surface area contributed by atoms with Crippen LogP contribution in [0.5, 0.6) is 0 Å². The average Bonchev–Trinajstić information content (AvgIpc) is 3.25. The Labute approximate surface area is 149 Å². The van der Waals surface area contributed by atoms with Crippen molar-refractivity contribution >= 4 is 11.7 Å². The maximum atomic E-state index is 12.5. The largest absolute Gasteiger partial charge is 0.337 e. The van der Waals surface area contributed by atoms with Crippen LogP contribution in [0.4, 0.5) is 10.5 Å². The first-order valence-corrected chi connectivity index (χ1v) is 8.02. The second-order valence-electron chi connectivity index (χ2n) is 6.88. The average molecular weight is 356 g/mol. The smallest absolute Gasteiger partial charge is 0.319 e. The molecule has 0 aliphatic carbocycles. The van der Waals surface area contributed by atoms with E-state index in [1.54, 1.807) is 18.5 Å². The molecule has 0 radical (unpaired) electrons. The molecule has 10 heteroatoms. The van der Waals surface area contributed by atoms with Gasteiger partial charge in [0.1, 0.15) is 12.4 Å². The van der Waals surface area contributed by atoms with Crippen molar-refractivity contribution in [2.45, 2.75) is 33.7 Å². The van der Waals surface area contributed by atoms with Crippen LogP contribution in [-0.2, 0) is 0 Å². The molecule has 3 N–H and O–H groups in total. The summed E-state index contributed by atoms with van der Waals surface area (Å²) in [5.41, 5.74) is 1.17. The number of amides is 2. The number of hydrogen-bond acceptors (Lipinski definition) is 7. The Hall–Kier alpha value is -3.30. The van der Waals surface area contributed by atoms with Crippen LogP contribution >= 0.6 is 0 Å². The molecule has 0 saturated heterocycles. The minimum atomic E-state index is -0.506. The van der Waals surface area contributed by atoms with E-state index in [2.05, 4.69) is 40.9 Å². The van der Waals surface area contributed by atoms with E-state index in [4.69, 9.17) is 4.52 Å². The minimum Gasteiger partial charge on any atom is -0.337 e. The Morgan fingerprint density at radius 1 is 1.35 bits per heavy atom. The Bertz CT molecular complexity index is 882. The summed E-state index contributed by atoms with van der Waals surface area (Å²) in [7, 11) is 0. The van der Waals surface area contributed by atoms with Gasteiger partial charge in [0, 0.05) is 18.1 Å². The van der Waals surface area contributed by atoms with Gasteiger partial charge in [0.25, 0.3) is 0 Å². The van der Waals surface area contributed by atoms with Gasteiger partial charge in [0.05, 0.1) is 0 Å². The molecule has 10 nitrogen and oxygen atoms in total. The van der Waals surface area contributed by atoms with Crippen molar-refractivity contribution in [3.8, 4) is 11.6 Å². The van der Waals surface area contributed by atoms with Gasteiger partial charge < -0.3 is 15.2 Å². The van der Waals surface area contributed by atoms with Crippen molar-refractivity contribution in [1.29, 1.82) is 0 Å². The molecule has 26 heavy (non-hydrogen) atoms. The fourth-order valence-electron chi connectivity index (χ4n) is 2.31. The number of carbonyl (C=O) groups excluding carboxylic acids is 1. The fraction of sp³-hybridized carbons (Fsp3) is 0.375. The Balaban J connectivity index is 1.79. The zero-order valence-corrected chi connectivity index (χ0v) is 14.9. The van der Waals surface area contributed by atoms with Crippen LogP contribution in [0.2, 0.25) is 0 Å². The van der Waals surface area contributed by atoms with Gasteiger partial charge in [0.2, 0.25) is 11.7 Å². The molecule has 2 amide bonds. The molecule has 3 rings (SSSR count). The van der Waals surface area contributed by atoms with Crippen LogP contribution in [0.1, 0.15) is 38.3 Å². The first-order chi connectivity index (χ1) is 12.3. The third kappa shape index (κ3) is 3.85. The van der Waals surface area contributed by atoms with Gasteiger partial charge in [-0.05, 0) is 24.0 Å². The van der Waals surface area contributed by atoms with Crippen molar-refractivity contribution in [3.05, 3.63) is 36.2 Å². The standard InChI is InChI=1S/C16H20N8O2/c1-9-7-17-6-5-10(9)20-15(25)21-11(16(2,3)4)14-22-13(24-26-14)12-18-8-19-23-12/h5-8,11H,1-4H3,(H,18,19,23)(H2,17,20,21,25)/t11-/m0/s1. The first-order valence-electron chi connectivity index (χ1n) is 8.02. The lowest BCUT2D eigenvalue weighted by atomic mass is 9.86. The first kappa shape index (κ1) is 17.5. The molecule has 0 fully saturated rings. The number of H-pyrrole nitrogens is 1. The van der Waals surface area contributed by atoms with Crippen molar-refractivity contribution in [3.63, 3.8) is 0 Å². The number of aromatic amines is 1. The summed E-state index contributed by atoms with van der Waals surface area (Å²) < 4.78 is 5.35. The number of nitrogens with zero attached hydrogens (tertiary/aromatic N) is 5. The van der Waals surface area contributed by atoms with Crippen LogP contribution < -0.4 is 10.6 Å². The summed E-state index contributed by atoms with van der Waals surface area (Å²) in [4.78, 5) is 24.8. The summed E-state index contributed by atoms with van der Waals surface area (Å²) in [6.07, 6.45) is 4.65. The van der Waals surface area contributed by atoms with Gasteiger partial charge in [-0.15, -0.1) is 0 Å². The lowest BCUT2D eigenvalue weighted by Crippen LogP contribution is -2.39. The summed E-state index contributed by atoms with van der Waals surface area (Å²) in [6, 6.07) is 0.850. The fourth-order valence-corrected chi connectivity index (χ4v) is 2.31. The Morgan fingerprint density at radius 2 is 2.15 bits per heavy atom. The zero-order valence-electron chi connectivity index (χ0n) is 14.9. The highest BCUT2D eigenvalue weighted by Crippen LogP contribution is 2.32. The molecule has 0 aliphatic heterocycles. The summed E-state index contributed by atoms with van der Waals surface area (Å²) >= 11 is 0. The van der Waals surface area contributed by atoms with Crippen molar-refractivity contribution < 1.29 is 9.32 Å². The Morgan fingerprint density at radius 3 is 2.81 bits per heavy atom. The maximum absolute atomic E-state index is 12.5. The van der Waals surface area contributed by atoms with Gasteiger partial charge in [-0.25, -0.2) is 9.78 Å². The molecule has 136 valence electrons. The van der Waals surface area contributed by atoms with Gasteiger partial charge >= 0.3 is 6.03 Å². The van der Waals surface area contributed by atoms with Crippen LogP contribution in [0.3, 0.4) is 0 Å². The monoisotopic (exact) mass is 356 g/mol. The predicted molar refractivity (Wildman–Crippen MR) is 93.0 cm³/mol. The van der Waals surface area contributed by atoms with Crippen LogP contribution in [0.25, 0.3) is 11.6 Å². The number of aryl methyl sites for hydroxylation is 1. The van der Waals surface area contributed by atoms with Crippen molar-refractivity contribution in [1.82, 2.24) is 35.6 Å². The molecule has 3 heterocycles. The molecular formula is C16H20N8O2. The minimum absolute atomic E-state index is 0.277. The number of urea groups is 1. The van der Waals surface area contributed by atoms with Crippen LogP contribution in [-0.4, -0.2) is 36.3 Å². The molecule has 3 aromatic heterocycles. The molecule has 0 bridgehead atoms. The lowest BCUT2D eigenvalue weighted by Gasteiger charge is -2.28. The highest BCUT2D eigenvalue weighted by Gasteiger charge is 2.33. The molecule has 0 aromatic carbocycles. The topological polar surface area (TPSA) is 135 Å². The maximum Gasteiger partial charge on any atom is 0.319 e. The Kier molecular flexibility index (Phi) is 4.65. The number of pyridine rings is 1. The van der Waals surface area contributed by atoms with Crippen LogP contribution in [0, 0.1) is 12.3 Å². The molecule has 0 aliphatic rings. The highest BCUT2D eigenvalue weighted by atomic mass is 16.5. The zero-order chi connectivity index (χ0) is 18.7. The number of carbonyl (C=O) groups is 1. The van der Waals surface area contributed by atoms with E-state index in [0.717, 1.165) is 5.56 Å². The molecule has 3 aromatic rings. The molecular weight excluding hydrogens is 336 g/mol. The van der Waals surface area contributed by atoms with E-state index in [1.807, 2.05) is 27.7 Å². The normalized spacial score (nSPS) is 12.6. The van der Waals surface area contributed by atoms with E-state index in [-0.39, 0.29) is 23.2 Å². The lowest BCUT2D eigenvalue weighted by molar-refractivity contribution is 0.204. The number of aromatic nitrogens is 6. The van der Waals surface area contributed by atoms with Gasteiger partial charge in [-0.3, -0.25) is 10.1 Å². The SMILES string of the molecule is Cc1cnccc1NC(=O)N[C@@H](c1nc(-c2ncn[nH]2)no1)C(C)(C)C. The summed E-state index contributed by atoms with van der Waals surface area (Å²) in [5, 5.41) is 16.0. The number of hydrogen-bond donors (Lipinski definition) is 3. The third-order valence-corrected chi connectivity index (χ3v) is 3.73. The highest BCUT2D eigenvalue weighted by molar-refractivity contribution is 5.90. The number of nitrogens with one attached hydrogen (secondary N) is 3. The van der Waals surface area contributed by atoms with E-state index in [9.17, 15) is 4.79 Å². The van der Waals surface area contributed by atoms with Gasteiger partial charge in [-0.2, -0.15) is 10.1 Å². The van der Waals surface area contributed by atoms with Crippen molar-refractivity contribution in [2.75, 3.05) is 5.32 Å². The number of rotatable bonds is 4. The van der Waals surface area contributed by atoms with Crippen LogP contribution in [0.15, 0.2) is 29.3 Å². The second kappa shape index (κ2) is 6.90. The van der Waals surface area contributed by atoms with Gasteiger partial charge in [0.15, 0.2) is 5.82 Å². The second-order valence-corrected chi connectivity index (χ2v) is 6.88. The summed E-state index contributed by atoms with van der Waals surface area (Å²) in [6.45, 7) is 7.77. The number of anilines is 1. The molecule has 0 unspecified atom stereocenters. The summed E-state index contributed by atoms with van der Waals surface area (Å²) in [5.74, 6) is 0.953. The van der Waals surface area contributed by atoms with Crippen molar-refractivity contribution in [2.24, 2.45) is 5.41 Å². The third-order valence-electron chi connectivity index (χ3n) is 3.73. The molecule has 0 saturated carbocycles. The van der Waals surface area contributed by atoms with Gasteiger partial charge in [-0.1, -0.05) is 25.9 Å². The molecule has 0 spiro atoms. The van der Waals surface area contributed by atoms with E-state index in [1.165, 1.54) is 6.33 Å². The van der Waals surface area contributed by atoms with E-state index >= 15 is 0 Å². The van der Waals surface area contributed by atoms with E-state index in [0.29, 0.717) is 11.5 Å².